The van der Waals surface area contributed by atoms with Gasteiger partial charge in [-0.2, -0.15) is 13.2 Å². The van der Waals surface area contributed by atoms with Crippen LogP contribution in [0.5, 0.6) is 0 Å². The minimum absolute atomic E-state index is 0.0784. The summed E-state index contributed by atoms with van der Waals surface area (Å²) in [6.45, 7) is 0.108. The zero-order valence-electron chi connectivity index (χ0n) is 12.0. The maximum atomic E-state index is 12.6. The molecule has 0 aliphatic carbocycles. The molecule has 1 amide bonds. The third kappa shape index (κ3) is 4.92. The fourth-order valence-electron chi connectivity index (χ4n) is 1.89. The van der Waals surface area contributed by atoms with Crippen LogP contribution in [0.1, 0.15) is 15.9 Å². The molecule has 1 unspecified atom stereocenters. The predicted octanol–water partition coefficient (Wildman–Crippen LogP) is 3.24. The second-order valence-electron chi connectivity index (χ2n) is 4.70. The molecular weight excluding hydrogens is 327 g/mol. The van der Waals surface area contributed by atoms with E-state index in [1.54, 1.807) is 30.3 Å². The molecule has 0 aromatic heterocycles. The van der Waals surface area contributed by atoms with Gasteiger partial charge in [0.1, 0.15) is 0 Å². The summed E-state index contributed by atoms with van der Waals surface area (Å²) < 4.78 is 49.8. The molecule has 0 heterocycles. The molecule has 7 heteroatoms. The predicted molar refractivity (Wildman–Crippen MR) is 81.5 cm³/mol. The molecule has 122 valence electrons. The number of hydrogen-bond acceptors (Lipinski definition) is 2. The number of alkyl halides is 3. The van der Waals surface area contributed by atoms with Gasteiger partial charge in [-0.05, 0) is 30.3 Å². The number of nitrogens with one attached hydrogen (secondary N) is 1. The van der Waals surface area contributed by atoms with E-state index in [-0.39, 0.29) is 17.9 Å². The van der Waals surface area contributed by atoms with Crippen LogP contribution in [0.25, 0.3) is 0 Å². The van der Waals surface area contributed by atoms with Crippen molar-refractivity contribution in [1.29, 1.82) is 0 Å². The van der Waals surface area contributed by atoms with Crippen molar-refractivity contribution in [3.8, 4) is 0 Å². The Labute approximate surface area is 134 Å². The van der Waals surface area contributed by atoms with Gasteiger partial charge in [0.15, 0.2) is 0 Å². The second-order valence-corrected chi connectivity index (χ2v) is 6.27. The Bertz CT molecular complexity index is 702. The zero-order chi connectivity index (χ0) is 16.9. The normalized spacial score (nSPS) is 12.7. The van der Waals surface area contributed by atoms with E-state index >= 15 is 0 Å². The van der Waals surface area contributed by atoms with Crippen molar-refractivity contribution in [1.82, 2.24) is 5.32 Å². The number of rotatable bonds is 5. The Morgan fingerprint density at radius 3 is 2.39 bits per heavy atom. The molecule has 2 rings (SSSR count). The maximum Gasteiger partial charge on any atom is 0.416 e. The number of halogens is 3. The third-order valence-electron chi connectivity index (χ3n) is 3.03. The van der Waals surface area contributed by atoms with E-state index in [2.05, 4.69) is 5.32 Å². The van der Waals surface area contributed by atoms with Crippen molar-refractivity contribution in [3.63, 3.8) is 0 Å². The first kappa shape index (κ1) is 17.2. The smallest absolute Gasteiger partial charge is 0.351 e. The van der Waals surface area contributed by atoms with Gasteiger partial charge >= 0.3 is 6.18 Å². The lowest BCUT2D eigenvalue weighted by atomic mass is 10.1. The van der Waals surface area contributed by atoms with Crippen LogP contribution >= 0.6 is 0 Å². The molecule has 0 radical (unpaired) electrons. The minimum Gasteiger partial charge on any atom is -0.351 e. The number of carbonyl (C=O) groups is 1. The van der Waals surface area contributed by atoms with Gasteiger partial charge in [0.2, 0.25) is 0 Å². The van der Waals surface area contributed by atoms with Crippen LogP contribution in [0.15, 0.2) is 59.5 Å². The molecule has 0 aliphatic heterocycles. The molecule has 0 saturated heterocycles. The molecule has 2 aromatic rings. The SMILES string of the molecule is O=C(NCCS(=O)c1ccccc1)c1cccc(C(F)(F)F)c1. The van der Waals surface area contributed by atoms with E-state index in [0.717, 1.165) is 12.1 Å². The van der Waals surface area contributed by atoms with Gasteiger partial charge in [-0.3, -0.25) is 9.00 Å². The molecule has 3 nitrogen and oxygen atoms in total. The van der Waals surface area contributed by atoms with Crippen molar-refractivity contribution < 1.29 is 22.2 Å². The minimum atomic E-state index is -4.49. The van der Waals surface area contributed by atoms with Crippen molar-refractivity contribution >= 4 is 16.7 Å². The molecule has 2 aromatic carbocycles. The summed E-state index contributed by atoms with van der Waals surface area (Å²) in [7, 11) is -1.27. The fraction of sp³-hybridized carbons (Fsp3) is 0.188. The topological polar surface area (TPSA) is 46.2 Å². The van der Waals surface area contributed by atoms with Crippen molar-refractivity contribution in [3.05, 3.63) is 65.7 Å². The van der Waals surface area contributed by atoms with Crippen molar-refractivity contribution in [2.75, 3.05) is 12.3 Å². The van der Waals surface area contributed by atoms with Crippen LogP contribution in [-0.4, -0.2) is 22.4 Å². The van der Waals surface area contributed by atoms with Crippen LogP contribution in [0.3, 0.4) is 0 Å². The molecular formula is C16H14F3NO2S. The van der Waals surface area contributed by atoms with E-state index in [0.29, 0.717) is 4.90 Å². The van der Waals surface area contributed by atoms with Gasteiger partial charge in [-0.25, -0.2) is 0 Å². The largest absolute Gasteiger partial charge is 0.416 e. The molecule has 0 bridgehead atoms. The van der Waals surface area contributed by atoms with Crippen LogP contribution in [0.4, 0.5) is 13.2 Å². The van der Waals surface area contributed by atoms with Crippen LogP contribution in [0, 0.1) is 0 Å². The van der Waals surface area contributed by atoms with E-state index in [1.807, 2.05) is 0 Å². The van der Waals surface area contributed by atoms with E-state index in [1.165, 1.54) is 12.1 Å². The lowest BCUT2D eigenvalue weighted by Crippen LogP contribution is -2.28. The van der Waals surface area contributed by atoms with Crippen molar-refractivity contribution in [2.24, 2.45) is 0 Å². The first-order valence-corrected chi connectivity index (χ1v) is 8.09. The Morgan fingerprint density at radius 1 is 1.04 bits per heavy atom. The summed E-state index contributed by atoms with van der Waals surface area (Å²) in [5.74, 6) is -0.435. The Morgan fingerprint density at radius 2 is 1.74 bits per heavy atom. The first-order chi connectivity index (χ1) is 10.9. The lowest BCUT2D eigenvalue weighted by molar-refractivity contribution is -0.137. The molecule has 0 aliphatic rings. The summed E-state index contributed by atoms with van der Waals surface area (Å²) in [5, 5.41) is 2.48. The summed E-state index contributed by atoms with van der Waals surface area (Å²) in [6, 6.07) is 12.9. The van der Waals surface area contributed by atoms with Gasteiger partial charge < -0.3 is 5.32 Å². The van der Waals surface area contributed by atoms with Gasteiger partial charge in [-0.15, -0.1) is 0 Å². The van der Waals surface area contributed by atoms with Gasteiger partial charge in [0, 0.05) is 22.8 Å². The number of hydrogen-bond donors (Lipinski definition) is 1. The number of benzene rings is 2. The molecule has 0 fully saturated rings. The van der Waals surface area contributed by atoms with Gasteiger partial charge in [0.25, 0.3) is 5.91 Å². The second kappa shape index (κ2) is 7.41. The highest BCUT2D eigenvalue weighted by atomic mass is 32.2. The maximum absolute atomic E-state index is 12.6. The standard InChI is InChI=1S/C16H14F3NO2S/c17-16(18,19)13-6-4-5-12(11-13)15(21)20-9-10-23(22)14-7-2-1-3-8-14/h1-8,11H,9-10H2,(H,20,21). The van der Waals surface area contributed by atoms with Gasteiger partial charge in [-0.1, -0.05) is 24.3 Å². The first-order valence-electron chi connectivity index (χ1n) is 6.77. The molecule has 23 heavy (non-hydrogen) atoms. The Balaban J connectivity index is 1.92. The van der Waals surface area contributed by atoms with Crippen LogP contribution in [-0.2, 0) is 17.0 Å². The third-order valence-corrected chi connectivity index (χ3v) is 4.40. The van der Waals surface area contributed by atoms with E-state index in [4.69, 9.17) is 0 Å². The lowest BCUT2D eigenvalue weighted by Gasteiger charge is -2.09. The monoisotopic (exact) mass is 341 g/mol. The van der Waals surface area contributed by atoms with E-state index in [9.17, 15) is 22.2 Å². The average molecular weight is 341 g/mol. The molecule has 1 atom stereocenters. The van der Waals surface area contributed by atoms with Crippen LogP contribution < -0.4 is 5.32 Å². The number of carbonyl (C=O) groups excluding carboxylic acids is 1. The molecule has 0 spiro atoms. The van der Waals surface area contributed by atoms with Gasteiger partial charge in [0.05, 0.1) is 16.4 Å². The highest BCUT2D eigenvalue weighted by molar-refractivity contribution is 7.85. The summed E-state index contributed by atoms with van der Waals surface area (Å²) >= 11 is 0. The van der Waals surface area contributed by atoms with E-state index < -0.39 is 28.4 Å². The number of amides is 1. The highest BCUT2D eigenvalue weighted by Crippen LogP contribution is 2.29. The molecule has 1 N–H and O–H groups in total. The zero-order valence-corrected chi connectivity index (χ0v) is 12.8. The Kier molecular flexibility index (Phi) is 5.54. The average Bonchev–Trinajstić information content (AvgIpc) is 2.54. The van der Waals surface area contributed by atoms with Crippen LogP contribution in [0.2, 0.25) is 0 Å². The summed E-state index contributed by atoms with van der Waals surface area (Å²) in [5.41, 5.74) is -0.955. The highest BCUT2D eigenvalue weighted by Gasteiger charge is 2.30. The molecule has 0 saturated carbocycles. The fourth-order valence-corrected chi connectivity index (χ4v) is 2.87. The van der Waals surface area contributed by atoms with Crippen molar-refractivity contribution in [2.45, 2.75) is 11.1 Å². The quantitative estimate of drug-likeness (QED) is 0.907. The summed E-state index contributed by atoms with van der Waals surface area (Å²) in [4.78, 5) is 12.5. The Hall–Kier alpha value is -2.15. The summed E-state index contributed by atoms with van der Waals surface area (Å²) in [6.07, 6.45) is -4.49.